The number of amides is 2. The van der Waals surface area contributed by atoms with Gasteiger partial charge in [0.25, 0.3) is 0 Å². The van der Waals surface area contributed by atoms with Crippen molar-refractivity contribution in [2.75, 3.05) is 5.32 Å². The van der Waals surface area contributed by atoms with Gasteiger partial charge in [-0.2, -0.15) is 0 Å². The number of aromatic nitrogens is 2. The van der Waals surface area contributed by atoms with Crippen molar-refractivity contribution in [1.82, 2.24) is 9.97 Å². The second kappa shape index (κ2) is 8.36. The van der Waals surface area contributed by atoms with E-state index in [1.54, 1.807) is 37.8 Å². The lowest BCUT2D eigenvalue weighted by Crippen LogP contribution is -2.18. The zero-order valence-electron chi connectivity index (χ0n) is 18.0. The number of hydrogen-bond donors (Lipinski definition) is 3. The standard InChI is InChI=1S/C22H25N5O3S2/c1-13-19(15-4-5-15)25-11-17(14-6-8-24-9-7-14)20(13)26-21(28)27-32(23,30)18-10-16(12-31-18)22(2,3)29/h6-12,15,29H,4-5H2,1-3H3,(H3,23,25,26,27,28,30). The minimum absolute atomic E-state index is 0.226. The highest BCUT2D eigenvalue weighted by molar-refractivity contribution is 7.93. The molecule has 1 atom stereocenters. The smallest absolute Gasteiger partial charge is 0.354 e. The highest BCUT2D eigenvalue weighted by Gasteiger charge is 2.29. The van der Waals surface area contributed by atoms with Crippen LogP contribution in [0.15, 0.2) is 50.7 Å². The molecular formula is C22H25N5O3S2. The normalized spacial score (nSPS) is 15.8. The number of rotatable bonds is 5. The van der Waals surface area contributed by atoms with Gasteiger partial charge in [0.05, 0.1) is 11.3 Å². The molecule has 32 heavy (non-hydrogen) atoms. The van der Waals surface area contributed by atoms with Crippen LogP contribution in [-0.2, 0) is 15.5 Å². The Bertz CT molecular complexity index is 1280. The lowest BCUT2D eigenvalue weighted by atomic mass is 10.0. The molecule has 1 unspecified atom stereocenters. The van der Waals surface area contributed by atoms with Crippen LogP contribution in [0.2, 0.25) is 0 Å². The van der Waals surface area contributed by atoms with Gasteiger partial charge in [-0.05, 0) is 73.9 Å². The molecule has 2 amide bonds. The van der Waals surface area contributed by atoms with Crippen molar-refractivity contribution >= 4 is 33.0 Å². The van der Waals surface area contributed by atoms with Crippen molar-refractivity contribution in [1.29, 1.82) is 0 Å². The molecular weight excluding hydrogens is 446 g/mol. The topological polar surface area (TPSA) is 131 Å². The third-order valence-corrected chi connectivity index (χ3v) is 8.20. The van der Waals surface area contributed by atoms with Crippen LogP contribution in [0.5, 0.6) is 0 Å². The summed E-state index contributed by atoms with van der Waals surface area (Å²) in [4.78, 5) is 21.5. The van der Waals surface area contributed by atoms with E-state index in [2.05, 4.69) is 19.6 Å². The number of carbonyl (C=O) groups excluding carboxylic acids is 1. The number of pyridine rings is 2. The number of anilines is 1. The number of nitrogens with zero attached hydrogens (tertiary/aromatic N) is 3. The first-order valence-electron chi connectivity index (χ1n) is 10.1. The Balaban J connectivity index is 1.70. The number of nitrogens with two attached hydrogens (primary N) is 1. The minimum Gasteiger partial charge on any atom is -0.386 e. The molecule has 168 valence electrons. The van der Waals surface area contributed by atoms with Crippen LogP contribution in [0, 0.1) is 6.92 Å². The zero-order chi connectivity index (χ0) is 23.1. The van der Waals surface area contributed by atoms with Crippen molar-refractivity contribution in [3.8, 4) is 11.1 Å². The number of urea groups is 1. The van der Waals surface area contributed by atoms with Crippen molar-refractivity contribution in [2.45, 2.75) is 49.3 Å². The average molecular weight is 472 g/mol. The van der Waals surface area contributed by atoms with E-state index in [1.165, 1.54) is 6.07 Å². The fourth-order valence-corrected chi connectivity index (χ4v) is 5.67. The summed E-state index contributed by atoms with van der Waals surface area (Å²) in [5, 5.41) is 20.5. The molecule has 3 heterocycles. The van der Waals surface area contributed by atoms with E-state index in [0.29, 0.717) is 17.2 Å². The molecule has 0 radical (unpaired) electrons. The van der Waals surface area contributed by atoms with Gasteiger partial charge >= 0.3 is 6.03 Å². The summed E-state index contributed by atoms with van der Waals surface area (Å²) in [7, 11) is -3.48. The van der Waals surface area contributed by atoms with E-state index in [0.717, 1.165) is 46.6 Å². The highest BCUT2D eigenvalue weighted by Crippen LogP contribution is 2.43. The predicted octanol–water partition coefficient (Wildman–Crippen LogP) is 4.55. The van der Waals surface area contributed by atoms with Crippen LogP contribution in [0.4, 0.5) is 10.5 Å². The molecule has 3 aromatic rings. The summed E-state index contributed by atoms with van der Waals surface area (Å²) < 4.78 is 17.0. The molecule has 3 aromatic heterocycles. The van der Waals surface area contributed by atoms with Gasteiger partial charge in [0.1, 0.15) is 4.21 Å². The largest absolute Gasteiger partial charge is 0.386 e. The predicted molar refractivity (Wildman–Crippen MR) is 126 cm³/mol. The van der Waals surface area contributed by atoms with Crippen LogP contribution in [-0.4, -0.2) is 25.3 Å². The van der Waals surface area contributed by atoms with Crippen LogP contribution in [0.25, 0.3) is 11.1 Å². The maximum Gasteiger partial charge on any atom is 0.354 e. The second-order valence-corrected chi connectivity index (χ2v) is 11.3. The van der Waals surface area contributed by atoms with Gasteiger partial charge in [0.2, 0.25) is 0 Å². The van der Waals surface area contributed by atoms with Crippen LogP contribution < -0.4 is 10.5 Å². The summed E-state index contributed by atoms with van der Waals surface area (Å²) in [6, 6.07) is 4.38. The van der Waals surface area contributed by atoms with Crippen molar-refractivity contribution in [2.24, 2.45) is 9.50 Å². The van der Waals surface area contributed by atoms with Gasteiger partial charge in [-0.25, -0.2) is 14.1 Å². The fraction of sp³-hybridized carbons (Fsp3) is 0.318. The Morgan fingerprint density at radius 1 is 1.34 bits per heavy atom. The third-order valence-electron chi connectivity index (χ3n) is 5.34. The molecule has 0 aliphatic heterocycles. The minimum atomic E-state index is -3.48. The zero-order valence-corrected chi connectivity index (χ0v) is 19.7. The Morgan fingerprint density at radius 2 is 2.03 bits per heavy atom. The van der Waals surface area contributed by atoms with E-state index in [1.807, 2.05) is 19.1 Å². The molecule has 10 heteroatoms. The molecule has 1 aliphatic carbocycles. The first kappa shape index (κ1) is 22.5. The van der Waals surface area contributed by atoms with Gasteiger partial charge in [0, 0.05) is 35.8 Å². The molecule has 1 fully saturated rings. The second-order valence-electron chi connectivity index (χ2n) is 8.37. The summed E-state index contributed by atoms with van der Waals surface area (Å²) in [5.41, 5.74) is 3.38. The van der Waals surface area contributed by atoms with E-state index in [4.69, 9.17) is 5.14 Å². The molecule has 0 spiro atoms. The van der Waals surface area contributed by atoms with Crippen LogP contribution >= 0.6 is 11.3 Å². The van der Waals surface area contributed by atoms with E-state index >= 15 is 0 Å². The maximum atomic E-state index is 13.0. The molecule has 8 nitrogen and oxygen atoms in total. The number of thiophene rings is 1. The van der Waals surface area contributed by atoms with Gasteiger partial charge in [-0.3, -0.25) is 9.97 Å². The molecule has 4 N–H and O–H groups in total. The van der Waals surface area contributed by atoms with Crippen LogP contribution in [0.1, 0.15) is 49.4 Å². The van der Waals surface area contributed by atoms with E-state index < -0.39 is 21.5 Å². The van der Waals surface area contributed by atoms with E-state index in [-0.39, 0.29) is 4.21 Å². The summed E-state index contributed by atoms with van der Waals surface area (Å²) in [6.07, 6.45) is 7.20. The molecule has 0 bridgehead atoms. The fourth-order valence-electron chi connectivity index (χ4n) is 3.39. The van der Waals surface area contributed by atoms with Gasteiger partial charge in [0.15, 0.2) is 9.92 Å². The number of hydrogen-bond acceptors (Lipinski definition) is 6. The molecule has 4 rings (SSSR count). The first-order chi connectivity index (χ1) is 15.1. The molecule has 0 saturated heterocycles. The Kier molecular flexibility index (Phi) is 5.89. The van der Waals surface area contributed by atoms with Gasteiger partial charge < -0.3 is 10.4 Å². The first-order valence-corrected chi connectivity index (χ1v) is 12.6. The quantitative estimate of drug-likeness (QED) is 0.502. The van der Waals surface area contributed by atoms with Crippen LogP contribution in [0.3, 0.4) is 0 Å². The average Bonchev–Trinajstić information content (AvgIpc) is 3.42. The highest BCUT2D eigenvalue weighted by atomic mass is 32.2. The number of aliphatic hydroxyl groups is 1. The van der Waals surface area contributed by atoms with Gasteiger partial charge in [-0.15, -0.1) is 15.7 Å². The summed E-state index contributed by atoms with van der Waals surface area (Å²) in [5.74, 6) is 0.388. The Hall–Kier alpha value is -2.66. The monoisotopic (exact) mass is 471 g/mol. The number of carbonyl (C=O) groups is 1. The summed E-state index contributed by atoms with van der Waals surface area (Å²) >= 11 is 1.10. The van der Waals surface area contributed by atoms with Crippen molar-refractivity contribution in [3.05, 3.63) is 59.0 Å². The summed E-state index contributed by atoms with van der Waals surface area (Å²) in [6.45, 7) is 5.15. The Morgan fingerprint density at radius 3 is 2.62 bits per heavy atom. The molecule has 1 aliphatic rings. The SMILES string of the molecule is Cc1c(C2CC2)ncc(-c2ccncc2)c1NC(=O)N=S(N)(=O)c1cc(C(C)(C)O)cs1. The Labute approximate surface area is 191 Å². The molecule has 0 aromatic carbocycles. The molecule has 1 saturated carbocycles. The third kappa shape index (κ3) is 4.73. The van der Waals surface area contributed by atoms with Crippen molar-refractivity contribution in [3.63, 3.8) is 0 Å². The maximum absolute atomic E-state index is 13.0. The number of nitrogens with one attached hydrogen (secondary N) is 1. The van der Waals surface area contributed by atoms with Crippen molar-refractivity contribution < 1.29 is 14.1 Å². The lowest BCUT2D eigenvalue weighted by molar-refractivity contribution is 0.0789. The van der Waals surface area contributed by atoms with E-state index in [9.17, 15) is 14.1 Å². The lowest BCUT2D eigenvalue weighted by Gasteiger charge is -2.16. The van der Waals surface area contributed by atoms with Gasteiger partial charge in [-0.1, -0.05) is 0 Å².